The molecule has 3 rings (SSSR count). The van der Waals surface area contributed by atoms with Gasteiger partial charge in [-0.2, -0.15) is 0 Å². The molecule has 2 aromatic carbocycles. The Bertz CT molecular complexity index is 896. The molecular formula is C21H21NO2. The first-order chi connectivity index (χ1) is 11.5. The molecule has 3 heteroatoms. The third kappa shape index (κ3) is 3.02. The van der Waals surface area contributed by atoms with Crippen molar-refractivity contribution >= 4 is 16.9 Å². The summed E-state index contributed by atoms with van der Waals surface area (Å²) >= 11 is 0. The molecule has 1 N–H and O–H groups in total. The lowest BCUT2D eigenvalue weighted by Crippen LogP contribution is -2.01. The van der Waals surface area contributed by atoms with Crippen molar-refractivity contribution in [3.8, 4) is 11.3 Å². The van der Waals surface area contributed by atoms with Gasteiger partial charge in [-0.1, -0.05) is 51.1 Å². The summed E-state index contributed by atoms with van der Waals surface area (Å²) in [4.78, 5) is 16.4. The molecular weight excluding hydrogens is 298 g/mol. The molecule has 0 amide bonds. The molecule has 122 valence electrons. The van der Waals surface area contributed by atoms with Gasteiger partial charge >= 0.3 is 5.97 Å². The van der Waals surface area contributed by atoms with Crippen LogP contribution in [0.2, 0.25) is 0 Å². The van der Waals surface area contributed by atoms with Gasteiger partial charge in [-0.05, 0) is 41.7 Å². The largest absolute Gasteiger partial charge is 0.478 e. The highest BCUT2D eigenvalue weighted by atomic mass is 16.4. The fourth-order valence-electron chi connectivity index (χ4n) is 2.86. The van der Waals surface area contributed by atoms with E-state index < -0.39 is 5.97 Å². The van der Waals surface area contributed by atoms with Gasteiger partial charge in [-0.25, -0.2) is 9.78 Å². The number of carboxylic acids is 1. The van der Waals surface area contributed by atoms with E-state index in [-0.39, 0.29) is 0 Å². The first-order valence-corrected chi connectivity index (χ1v) is 8.27. The Morgan fingerprint density at radius 3 is 2.38 bits per heavy atom. The molecule has 0 unspecified atom stereocenters. The van der Waals surface area contributed by atoms with Crippen molar-refractivity contribution in [2.45, 2.75) is 33.1 Å². The molecule has 0 saturated carbocycles. The Balaban J connectivity index is 2.17. The fraction of sp³-hybridized carbons (Fsp3) is 0.238. The topological polar surface area (TPSA) is 50.2 Å². The summed E-state index contributed by atoms with van der Waals surface area (Å²) in [6.45, 7) is 6.36. The van der Waals surface area contributed by atoms with Gasteiger partial charge in [0, 0.05) is 10.9 Å². The maximum atomic E-state index is 11.7. The number of hydrogen-bond donors (Lipinski definition) is 1. The van der Waals surface area contributed by atoms with E-state index in [4.69, 9.17) is 0 Å². The maximum absolute atomic E-state index is 11.7. The summed E-state index contributed by atoms with van der Waals surface area (Å²) < 4.78 is 0. The van der Waals surface area contributed by atoms with E-state index in [1.54, 1.807) is 6.07 Å². The van der Waals surface area contributed by atoms with Crippen molar-refractivity contribution in [3.63, 3.8) is 0 Å². The maximum Gasteiger partial charge on any atom is 0.336 e. The summed E-state index contributed by atoms with van der Waals surface area (Å²) in [6, 6.07) is 15.7. The first-order valence-electron chi connectivity index (χ1n) is 8.27. The zero-order chi connectivity index (χ0) is 17.3. The lowest BCUT2D eigenvalue weighted by Gasteiger charge is -2.10. The lowest BCUT2D eigenvalue weighted by molar-refractivity contribution is 0.0699. The van der Waals surface area contributed by atoms with Gasteiger partial charge in [0.1, 0.15) is 0 Å². The van der Waals surface area contributed by atoms with Crippen molar-refractivity contribution < 1.29 is 9.90 Å². The number of carbonyl (C=O) groups is 1. The standard InChI is InChI=1S/C21H21NO2/c1-4-14-5-10-19-17(11-14)18(21(23)24)12-20(22-19)16-8-6-15(7-9-16)13(2)3/h5-13H,4H2,1-3H3,(H,23,24). The normalized spacial score (nSPS) is 11.2. The highest BCUT2D eigenvalue weighted by Gasteiger charge is 2.13. The number of aromatic nitrogens is 1. The highest BCUT2D eigenvalue weighted by molar-refractivity contribution is 6.04. The van der Waals surface area contributed by atoms with Gasteiger partial charge < -0.3 is 5.11 Å². The van der Waals surface area contributed by atoms with E-state index in [1.807, 2.05) is 30.3 Å². The Morgan fingerprint density at radius 2 is 1.79 bits per heavy atom. The van der Waals surface area contributed by atoms with Crippen molar-refractivity contribution in [1.82, 2.24) is 4.98 Å². The fourth-order valence-corrected chi connectivity index (χ4v) is 2.86. The number of aromatic carboxylic acids is 1. The van der Waals surface area contributed by atoms with Crippen molar-refractivity contribution in [1.29, 1.82) is 0 Å². The van der Waals surface area contributed by atoms with Gasteiger partial charge in [0.05, 0.1) is 16.8 Å². The number of hydrogen-bond acceptors (Lipinski definition) is 2. The van der Waals surface area contributed by atoms with Crippen LogP contribution in [-0.4, -0.2) is 16.1 Å². The van der Waals surface area contributed by atoms with E-state index >= 15 is 0 Å². The van der Waals surface area contributed by atoms with Crippen LogP contribution in [0.4, 0.5) is 0 Å². The molecule has 24 heavy (non-hydrogen) atoms. The predicted molar refractivity (Wildman–Crippen MR) is 97.6 cm³/mol. The third-order valence-corrected chi connectivity index (χ3v) is 4.38. The second kappa shape index (κ2) is 6.44. The van der Waals surface area contributed by atoms with E-state index in [0.29, 0.717) is 22.6 Å². The molecule has 0 spiro atoms. The Kier molecular flexibility index (Phi) is 4.34. The Morgan fingerprint density at radius 1 is 1.08 bits per heavy atom. The van der Waals surface area contributed by atoms with E-state index in [9.17, 15) is 9.90 Å². The molecule has 0 fully saturated rings. The van der Waals surface area contributed by atoms with E-state index in [0.717, 1.165) is 23.1 Å². The molecule has 1 aromatic heterocycles. The number of carboxylic acid groups (broad SMARTS) is 1. The summed E-state index contributed by atoms with van der Waals surface area (Å²) in [5, 5.41) is 10.3. The molecule has 0 radical (unpaired) electrons. The molecule has 0 atom stereocenters. The van der Waals surface area contributed by atoms with Crippen LogP contribution in [0.5, 0.6) is 0 Å². The number of nitrogens with zero attached hydrogens (tertiary/aromatic N) is 1. The quantitative estimate of drug-likeness (QED) is 0.711. The lowest BCUT2D eigenvalue weighted by atomic mass is 9.98. The highest BCUT2D eigenvalue weighted by Crippen LogP contribution is 2.27. The number of pyridine rings is 1. The summed E-state index contributed by atoms with van der Waals surface area (Å²) in [6.07, 6.45) is 0.868. The minimum atomic E-state index is -0.921. The SMILES string of the molecule is CCc1ccc2nc(-c3ccc(C(C)C)cc3)cc(C(=O)O)c2c1. The molecule has 3 nitrogen and oxygen atoms in total. The minimum Gasteiger partial charge on any atom is -0.478 e. The van der Waals surface area contributed by atoms with Crippen LogP contribution in [-0.2, 0) is 6.42 Å². The van der Waals surface area contributed by atoms with Gasteiger partial charge in [-0.3, -0.25) is 0 Å². The minimum absolute atomic E-state index is 0.304. The van der Waals surface area contributed by atoms with Gasteiger partial charge in [-0.15, -0.1) is 0 Å². The zero-order valence-corrected chi connectivity index (χ0v) is 14.2. The van der Waals surface area contributed by atoms with Gasteiger partial charge in [0.2, 0.25) is 0 Å². The van der Waals surface area contributed by atoms with Gasteiger partial charge in [0.15, 0.2) is 0 Å². The number of rotatable bonds is 4. The second-order valence-corrected chi connectivity index (χ2v) is 6.34. The van der Waals surface area contributed by atoms with Crippen molar-refractivity contribution in [2.75, 3.05) is 0 Å². The first kappa shape index (κ1) is 16.2. The molecule has 0 aliphatic carbocycles. The van der Waals surface area contributed by atoms with Crippen molar-refractivity contribution in [2.24, 2.45) is 0 Å². The Labute approximate surface area is 142 Å². The molecule has 3 aromatic rings. The van der Waals surface area contributed by atoms with E-state index in [2.05, 4.69) is 37.9 Å². The van der Waals surface area contributed by atoms with E-state index in [1.165, 1.54) is 5.56 Å². The smallest absolute Gasteiger partial charge is 0.336 e. The monoisotopic (exact) mass is 319 g/mol. The second-order valence-electron chi connectivity index (χ2n) is 6.34. The van der Waals surface area contributed by atoms with Crippen LogP contribution in [0.15, 0.2) is 48.5 Å². The van der Waals surface area contributed by atoms with Crippen LogP contribution >= 0.6 is 0 Å². The van der Waals surface area contributed by atoms with Crippen LogP contribution in [0.1, 0.15) is 48.2 Å². The zero-order valence-electron chi connectivity index (χ0n) is 14.2. The Hall–Kier alpha value is -2.68. The predicted octanol–water partition coefficient (Wildman–Crippen LogP) is 5.29. The average molecular weight is 319 g/mol. The third-order valence-electron chi connectivity index (χ3n) is 4.38. The molecule has 1 heterocycles. The number of benzene rings is 2. The number of fused-ring (bicyclic) bond motifs is 1. The van der Waals surface area contributed by atoms with Crippen LogP contribution < -0.4 is 0 Å². The summed E-state index contributed by atoms with van der Waals surface area (Å²) in [7, 11) is 0. The van der Waals surface area contributed by atoms with Crippen LogP contribution in [0.3, 0.4) is 0 Å². The van der Waals surface area contributed by atoms with Crippen LogP contribution in [0.25, 0.3) is 22.2 Å². The molecule has 0 aliphatic rings. The molecule has 0 bridgehead atoms. The van der Waals surface area contributed by atoms with Gasteiger partial charge in [0.25, 0.3) is 0 Å². The number of aryl methyl sites for hydroxylation is 1. The average Bonchev–Trinajstić information content (AvgIpc) is 2.60. The molecule has 0 aliphatic heterocycles. The van der Waals surface area contributed by atoms with Crippen LogP contribution in [0, 0.1) is 0 Å². The van der Waals surface area contributed by atoms with Crippen molar-refractivity contribution in [3.05, 3.63) is 65.2 Å². The molecule has 0 saturated heterocycles. The summed E-state index contributed by atoms with van der Waals surface area (Å²) in [5.74, 6) is -0.457. The summed E-state index contributed by atoms with van der Waals surface area (Å²) in [5.41, 5.74) is 5.02.